The molecule has 0 radical (unpaired) electrons. The number of carbonyl (C=O) groups is 2. The molecule has 0 atom stereocenters. The highest BCUT2D eigenvalue weighted by atomic mass is 16.4. The van der Waals surface area contributed by atoms with Crippen molar-refractivity contribution in [3.8, 4) is 0 Å². The predicted octanol–water partition coefficient (Wildman–Crippen LogP) is 2.72. The van der Waals surface area contributed by atoms with Gasteiger partial charge in [-0.05, 0) is 31.0 Å². The Bertz CT molecular complexity index is 591. The van der Waals surface area contributed by atoms with Crippen LogP contribution in [0.1, 0.15) is 42.5 Å². The molecule has 1 spiro atoms. The van der Waals surface area contributed by atoms with Gasteiger partial charge in [0.15, 0.2) is 0 Å². The Kier molecular flexibility index (Phi) is 3.35. The van der Waals surface area contributed by atoms with Crippen LogP contribution in [0.15, 0.2) is 18.2 Å². The van der Waals surface area contributed by atoms with E-state index < -0.39 is 5.97 Å². The Labute approximate surface area is 123 Å². The van der Waals surface area contributed by atoms with Crippen LogP contribution in [0.4, 0.5) is 11.4 Å². The number of rotatable bonds is 1. The van der Waals surface area contributed by atoms with Crippen molar-refractivity contribution in [2.75, 3.05) is 23.8 Å². The fourth-order valence-corrected chi connectivity index (χ4v) is 3.57. The molecular formula is C16H20N2O3. The zero-order valence-corrected chi connectivity index (χ0v) is 12.2. The summed E-state index contributed by atoms with van der Waals surface area (Å²) in [6, 6.07) is 4.86. The van der Waals surface area contributed by atoms with Crippen LogP contribution in [-0.4, -0.2) is 30.6 Å². The highest BCUT2D eigenvalue weighted by Gasteiger charge is 2.42. The Balaban J connectivity index is 1.99. The minimum atomic E-state index is -0.950. The van der Waals surface area contributed by atoms with Crippen LogP contribution in [-0.2, 0) is 4.79 Å². The maximum Gasteiger partial charge on any atom is 0.335 e. The van der Waals surface area contributed by atoms with Gasteiger partial charge in [-0.25, -0.2) is 4.79 Å². The smallest absolute Gasteiger partial charge is 0.335 e. The number of benzene rings is 1. The van der Waals surface area contributed by atoms with Crippen molar-refractivity contribution < 1.29 is 14.7 Å². The summed E-state index contributed by atoms with van der Waals surface area (Å²) in [6.45, 7) is 0.648. The van der Waals surface area contributed by atoms with E-state index in [0.29, 0.717) is 12.2 Å². The number of nitrogens with one attached hydrogen (secondary N) is 1. The Hall–Kier alpha value is -2.04. The molecule has 0 saturated heterocycles. The lowest BCUT2D eigenvalue weighted by Gasteiger charge is -2.36. The quantitative estimate of drug-likeness (QED) is 0.833. The van der Waals surface area contributed by atoms with Crippen LogP contribution in [0.25, 0.3) is 0 Å². The molecule has 5 nitrogen and oxygen atoms in total. The molecule has 1 aliphatic carbocycles. The average molecular weight is 288 g/mol. The van der Waals surface area contributed by atoms with Crippen LogP contribution < -0.4 is 10.2 Å². The zero-order chi connectivity index (χ0) is 15.0. The molecule has 1 aliphatic heterocycles. The van der Waals surface area contributed by atoms with Gasteiger partial charge in [0.2, 0.25) is 5.91 Å². The van der Waals surface area contributed by atoms with E-state index in [1.807, 2.05) is 11.9 Å². The van der Waals surface area contributed by atoms with E-state index in [1.165, 1.54) is 12.5 Å². The second-order valence-electron chi connectivity index (χ2n) is 6.19. The molecule has 1 saturated carbocycles. The molecule has 112 valence electrons. The molecule has 1 heterocycles. The fraction of sp³-hybridized carbons (Fsp3) is 0.500. The number of aromatic carboxylic acids is 1. The second kappa shape index (κ2) is 5.06. The number of anilines is 2. The summed E-state index contributed by atoms with van der Waals surface area (Å²) in [7, 11) is 1.93. The van der Waals surface area contributed by atoms with Crippen molar-refractivity contribution in [1.82, 2.24) is 0 Å². The third-order valence-corrected chi connectivity index (χ3v) is 4.74. The maximum atomic E-state index is 12.7. The number of nitrogens with zero attached hydrogens (tertiary/aromatic N) is 1. The van der Waals surface area contributed by atoms with Crippen LogP contribution in [0.3, 0.4) is 0 Å². The molecule has 2 N–H and O–H groups in total. The topological polar surface area (TPSA) is 69.6 Å². The Morgan fingerprint density at radius 1 is 1.29 bits per heavy atom. The lowest BCUT2D eigenvalue weighted by Crippen LogP contribution is -2.44. The van der Waals surface area contributed by atoms with Crippen molar-refractivity contribution in [1.29, 1.82) is 0 Å². The molecule has 2 aliphatic rings. The van der Waals surface area contributed by atoms with E-state index in [1.54, 1.807) is 12.1 Å². The summed E-state index contributed by atoms with van der Waals surface area (Å²) in [6.07, 6.45) is 5.16. The van der Waals surface area contributed by atoms with Gasteiger partial charge in [0.05, 0.1) is 22.4 Å². The average Bonchev–Trinajstić information content (AvgIpc) is 2.56. The van der Waals surface area contributed by atoms with Gasteiger partial charge in [0, 0.05) is 13.6 Å². The molecule has 0 aromatic heterocycles. The van der Waals surface area contributed by atoms with Gasteiger partial charge in [-0.3, -0.25) is 4.79 Å². The van der Waals surface area contributed by atoms with Crippen LogP contribution in [0.5, 0.6) is 0 Å². The molecule has 0 bridgehead atoms. The van der Waals surface area contributed by atoms with E-state index in [9.17, 15) is 9.59 Å². The number of amides is 1. The maximum absolute atomic E-state index is 12.7. The molecule has 1 amide bonds. The van der Waals surface area contributed by atoms with Crippen molar-refractivity contribution in [2.45, 2.75) is 32.1 Å². The molecule has 1 fully saturated rings. The number of carbonyl (C=O) groups excluding carboxylic acids is 1. The molecule has 21 heavy (non-hydrogen) atoms. The molecule has 3 rings (SSSR count). The van der Waals surface area contributed by atoms with Gasteiger partial charge in [0.1, 0.15) is 0 Å². The molecule has 1 aromatic rings. The monoisotopic (exact) mass is 288 g/mol. The number of hydrogen-bond acceptors (Lipinski definition) is 3. The van der Waals surface area contributed by atoms with Crippen LogP contribution in [0.2, 0.25) is 0 Å². The number of carboxylic acid groups (broad SMARTS) is 1. The van der Waals surface area contributed by atoms with Crippen LogP contribution >= 0.6 is 0 Å². The summed E-state index contributed by atoms with van der Waals surface area (Å²) < 4.78 is 0. The van der Waals surface area contributed by atoms with Gasteiger partial charge < -0.3 is 15.3 Å². The van der Waals surface area contributed by atoms with E-state index in [2.05, 4.69) is 5.32 Å². The number of fused-ring (bicyclic) bond motifs is 1. The SMILES string of the molecule is CN1CC2(CCCCC2)C(=O)Nc2ccc(C(=O)O)cc21. The lowest BCUT2D eigenvalue weighted by molar-refractivity contribution is -0.126. The van der Waals surface area contributed by atoms with Crippen molar-refractivity contribution in [2.24, 2.45) is 5.41 Å². The van der Waals surface area contributed by atoms with Crippen molar-refractivity contribution >= 4 is 23.3 Å². The number of hydrogen-bond donors (Lipinski definition) is 2. The van der Waals surface area contributed by atoms with Gasteiger partial charge in [-0.2, -0.15) is 0 Å². The van der Waals surface area contributed by atoms with Crippen molar-refractivity contribution in [3.05, 3.63) is 23.8 Å². The first-order valence-electron chi connectivity index (χ1n) is 7.42. The zero-order valence-electron chi connectivity index (χ0n) is 12.2. The number of carboxylic acids is 1. The Morgan fingerprint density at radius 3 is 2.67 bits per heavy atom. The molecular weight excluding hydrogens is 268 g/mol. The fourth-order valence-electron chi connectivity index (χ4n) is 3.57. The summed E-state index contributed by atoms with van der Waals surface area (Å²) in [4.78, 5) is 25.8. The third-order valence-electron chi connectivity index (χ3n) is 4.74. The van der Waals surface area contributed by atoms with Crippen molar-refractivity contribution in [3.63, 3.8) is 0 Å². The van der Waals surface area contributed by atoms with Crippen LogP contribution in [0, 0.1) is 5.41 Å². The Morgan fingerprint density at radius 2 is 2.00 bits per heavy atom. The van der Waals surface area contributed by atoms with Gasteiger partial charge in [-0.15, -0.1) is 0 Å². The minimum absolute atomic E-state index is 0.0795. The first-order chi connectivity index (χ1) is 10.0. The highest BCUT2D eigenvalue weighted by molar-refractivity contribution is 6.01. The van der Waals surface area contributed by atoms with E-state index in [-0.39, 0.29) is 16.9 Å². The first kappa shape index (κ1) is 13.9. The predicted molar refractivity (Wildman–Crippen MR) is 80.8 cm³/mol. The summed E-state index contributed by atoms with van der Waals surface area (Å²) in [5.41, 5.74) is 1.39. The van der Waals surface area contributed by atoms with Gasteiger partial charge in [0.25, 0.3) is 0 Å². The summed E-state index contributed by atoms with van der Waals surface area (Å²) in [5, 5.41) is 12.1. The van der Waals surface area contributed by atoms with E-state index >= 15 is 0 Å². The van der Waals surface area contributed by atoms with Gasteiger partial charge >= 0.3 is 5.97 Å². The minimum Gasteiger partial charge on any atom is -0.478 e. The summed E-state index contributed by atoms with van der Waals surface area (Å²) >= 11 is 0. The second-order valence-corrected chi connectivity index (χ2v) is 6.19. The third kappa shape index (κ3) is 2.37. The largest absolute Gasteiger partial charge is 0.478 e. The lowest BCUT2D eigenvalue weighted by atomic mass is 9.73. The first-order valence-corrected chi connectivity index (χ1v) is 7.42. The normalized spacial score (nSPS) is 20.6. The summed E-state index contributed by atoms with van der Waals surface area (Å²) in [5.74, 6) is -0.870. The van der Waals surface area contributed by atoms with Gasteiger partial charge in [-0.1, -0.05) is 19.3 Å². The van der Waals surface area contributed by atoms with E-state index in [0.717, 1.165) is 31.4 Å². The molecule has 1 aromatic carbocycles. The highest BCUT2D eigenvalue weighted by Crippen LogP contribution is 2.42. The molecule has 0 unspecified atom stereocenters. The van der Waals surface area contributed by atoms with E-state index in [4.69, 9.17) is 5.11 Å². The molecule has 5 heteroatoms. The standard InChI is InChI=1S/C16H20N2O3/c1-18-10-16(7-3-2-4-8-16)15(21)17-12-6-5-11(14(19)20)9-13(12)18/h5-6,9H,2-4,7-8,10H2,1H3,(H,17,21)(H,19,20).